The van der Waals surface area contributed by atoms with Crippen molar-refractivity contribution in [1.82, 2.24) is 19.6 Å². The number of thiophene rings is 1. The molecule has 0 aliphatic rings. The summed E-state index contributed by atoms with van der Waals surface area (Å²) in [5, 5.41) is 17.0. The number of imidazole rings is 1. The van der Waals surface area contributed by atoms with Crippen LogP contribution >= 0.6 is 34.4 Å². The molecular formula is C15H11N5OS3. The minimum absolute atomic E-state index is 0.285. The number of hydrogen-bond acceptors (Lipinski definition) is 7. The van der Waals surface area contributed by atoms with Crippen LogP contribution in [0.15, 0.2) is 46.4 Å². The number of pyridine rings is 1. The fourth-order valence-electron chi connectivity index (χ4n) is 2.25. The van der Waals surface area contributed by atoms with E-state index in [2.05, 4.69) is 20.5 Å². The topological polar surface area (TPSA) is 72.2 Å². The predicted octanol–water partition coefficient (Wildman–Crippen LogP) is 3.89. The Morgan fingerprint density at radius 1 is 1.29 bits per heavy atom. The Balaban J connectivity index is 1.63. The molecule has 0 saturated heterocycles. The predicted molar refractivity (Wildman–Crippen MR) is 98.1 cm³/mol. The fraction of sp³-hybridized carbons (Fsp3) is 0.0667. The average Bonchev–Trinajstić information content (AvgIpc) is 3.33. The molecule has 0 bridgehead atoms. The first-order valence-electron chi connectivity index (χ1n) is 6.95. The lowest BCUT2D eigenvalue weighted by Crippen LogP contribution is -2.12. The van der Waals surface area contributed by atoms with E-state index in [1.54, 1.807) is 11.3 Å². The molecule has 0 radical (unpaired) electrons. The largest absolute Gasteiger partial charge is 0.295 e. The van der Waals surface area contributed by atoms with Gasteiger partial charge < -0.3 is 0 Å². The highest BCUT2D eigenvalue weighted by Crippen LogP contribution is 2.28. The number of thioether (sulfide) groups is 1. The Hall–Kier alpha value is -2.23. The molecule has 4 aromatic rings. The number of anilines is 1. The second-order valence-corrected chi connectivity index (χ2v) is 7.31. The van der Waals surface area contributed by atoms with E-state index in [0.717, 1.165) is 21.2 Å². The highest BCUT2D eigenvalue weighted by atomic mass is 32.2. The van der Waals surface area contributed by atoms with Crippen LogP contribution in [-0.4, -0.2) is 31.7 Å². The van der Waals surface area contributed by atoms with Crippen molar-refractivity contribution >= 4 is 51.0 Å². The zero-order valence-corrected chi connectivity index (χ0v) is 14.9. The number of aromatic nitrogens is 4. The first kappa shape index (κ1) is 15.3. The van der Waals surface area contributed by atoms with Gasteiger partial charge in [-0.2, -0.15) is 11.3 Å². The van der Waals surface area contributed by atoms with Gasteiger partial charge in [0.25, 0.3) is 5.91 Å². The second kappa shape index (κ2) is 6.34. The molecule has 0 aliphatic carbocycles. The molecule has 1 N–H and O–H groups in total. The van der Waals surface area contributed by atoms with Crippen LogP contribution < -0.4 is 5.32 Å². The molecule has 0 spiro atoms. The maximum Gasteiger partial charge on any atom is 0.278 e. The average molecular weight is 373 g/mol. The van der Waals surface area contributed by atoms with Crippen molar-refractivity contribution in [2.75, 3.05) is 11.6 Å². The SMILES string of the molecule is CSc1nc(C(=O)Nc2nnc(-c3ccsc3)s2)c2ccccn12. The molecule has 120 valence electrons. The van der Waals surface area contributed by atoms with Gasteiger partial charge in [0.05, 0.1) is 5.52 Å². The maximum atomic E-state index is 12.6. The van der Waals surface area contributed by atoms with Gasteiger partial charge in [-0.15, -0.1) is 10.2 Å². The minimum atomic E-state index is -0.285. The third-order valence-corrected chi connectivity index (χ3v) is 5.55. The van der Waals surface area contributed by atoms with Crippen molar-refractivity contribution < 1.29 is 4.79 Å². The van der Waals surface area contributed by atoms with Gasteiger partial charge in [0.15, 0.2) is 10.9 Å². The summed E-state index contributed by atoms with van der Waals surface area (Å²) in [6.07, 6.45) is 3.83. The van der Waals surface area contributed by atoms with Crippen LogP contribution in [0.1, 0.15) is 10.5 Å². The van der Waals surface area contributed by atoms with Crippen LogP contribution in [0.2, 0.25) is 0 Å². The Labute approximate surface area is 149 Å². The molecule has 4 rings (SSSR count). The summed E-state index contributed by atoms with van der Waals surface area (Å²) in [7, 11) is 0. The number of hydrogen-bond donors (Lipinski definition) is 1. The fourth-order valence-corrected chi connectivity index (χ4v) is 4.24. The molecule has 0 unspecified atom stereocenters. The van der Waals surface area contributed by atoms with Gasteiger partial charge in [-0.25, -0.2) is 4.98 Å². The van der Waals surface area contributed by atoms with E-state index in [9.17, 15) is 4.79 Å². The lowest BCUT2D eigenvalue weighted by atomic mass is 10.3. The van der Waals surface area contributed by atoms with E-state index in [0.29, 0.717) is 10.8 Å². The van der Waals surface area contributed by atoms with Crippen LogP contribution in [0.5, 0.6) is 0 Å². The van der Waals surface area contributed by atoms with Crippen LogP contribution in [-0.2, 0) is 0 Å². The molecular weight excluding hydrogens is 362 g/mol. The third-order valence-electron chi connectivity index (χ3n) is 3.33. The Bertz CT molecular complexity index is 1010. The molecule has 0 saturated carbocycles. The summed E-state index contributed by atoms with van der Waals surface area (Å²) < 4.78 is 1.90. The number of carbonyl (C=O) groups excluding carboxylic acids is 1. The van der Waals surface area contributed by atoms with Gasteiger partial charge in [-0.05, 0) is 29.8 Å². The van der Waals surface area contributed by atoms with Gasteiger partial charge in [0.1, 0.15) is 5.01 Å². The van der Waals surface area contributed by atoms with Crippen molar-refractivity contribution in [3.63, 3.8) is 0 Å². The third kappa shape index (κ3) is 2.70. The Morgan fingerprint density at radius 3 is 3.00 bits per heavy atom. The van der Waals surface area contributed by atoms with Crippen LogP contribution in [0.25, 0.3) is 16.1 Å². The number of carbonyl (C=O) groups is 1. The number of amides is 1. The van der Waals surface area contributed by atoms with Gasteiger partial charge in [0, 0.05) is 17.1 Å². The van der Waals surface area contributed by atoms with E-state index in [1.165, 1.54) is 23.1 Å². The molecule has 0 fully saturated rings. The Kier molecular flexibility index (Phi) is 4.05. The van der Waals surface area contributed by atoms with Crippen molar-refractivity contribution in [3.8, 4) is 10.6 Å². The van der Waals surface area contributed by atoms with E-state index in [1.807, 2.05) is 51.9 Å². The standard InChI is InChI=1S/C15H11N5OS3/c1-22-15-16-11(10-4-2-3-6-20(10)15)12(21)17-14-19-18-13(24-14)9-5-7-23-8-9/h2-8H,1H3,(H,17,19,21). The van der Waals surface area contributed by atoms with Crippen LogP contribution in [0.3, 0.4) is 0 Å². The normalized spacial score (nSPS) is 11.0. The highest BCUT2D eigenvalue weighted by molar-refractivity contribution is 7.98. The first-order valence-corrected chi connectivity index (χ1v) is 9.93. The molecule has 4 heterocycles. The minimum Gasteiger partial charge on any atom is -0.295 e. The molecule has 0 aliphatic heterocycles. The van der Waals surface area contributed by atoms with Gasteiger partial charge >= 0.3 is 0 Å². The van der Waals surface area contributed by atoms with Gasteiger partial charge in [-0.1, -0.05) is 29.2 Å². The molecule has 6 nitrogen and oxygen atoms in total. The Morgan fingerprint density at radius 2 is 2.21 bits per heavy atom. The maximum absolute atomic E-state index is 12.6. The van der Waals surface area contributed by atoms with Crippen molar-refractivity contribution in [3.05, 3.63) is 46.9 Å². The van der Waals surface area contributed by atoms with Gasteiger partial charge in [0.2, 0.25) is 5.13 Å². The second-order valence-electron chi connectivity index (χ2n) is 4.78. The van der Waals surface area contributed by atoms with Crippen molar-refractivity contribution in [2.24, 2.45) is 0 Å². The van der Waals surface area contributed by atoms with Crippen LogP contribution in [0, 0.1) is 0 Å². The van der Waals surface area contributed by atoms with Gasteiger partial charge in [-0.3, -0.25) is 14.5 Å². The number of rotatable bonds is 4. The lowest BCUT2D eigenvalue weighted by Gasteiger charge is -1.98. The molecule has 24 heavy (non-hydrogen) atoms. The lowest BCUT2D eigenvalue weighted by molar-refractivity contribution is 0.102. The molecule has 1 amide bonds. The monoisotopic (exact) mass is 373 g/mol. The van der Waals surface area contributed by atoms with Crippen LogP contribution in [0.4, 0.5) is 5.13 Å². The van der Waals surface area contributed by atoms with E-state index in [4.69, 9.17) is 0 Å². The van der Waals surface area contributed by atoms with Crippen molar-refractivity contribution in [1.29, 1.82) is 0 Å². The first-order chi connectivity index (χ1) is 11.8. The quantitative estimate of drug-likeness (QED) is 0.550. The summed E-state index contributed by atoms with van der Waals surface area (Å²) >= 11 is 4.43. The van der Waals surface area contributed by atoms with E-state index < -0.39 is 0 Å². The van der Waals surface area contributed by atoms with Crippen molar-refractivity contribution in [2.45, 2.75) is 5.16 Å². The number of nitrogens with zero attached hydrogens (tertiary/aromatic N) is 4. The molecule has 4 aromatic heterocycles. The smallest absolute Gasteiger partial charge is 0.278 e. The molecule has 0 aromatic carbocycles. The zero-order chi connectivity index (χ0) is 16.5. The summed E-state index contributed by atoms with van der Waals surface area (Å²) in [5.41, 5.74) is 2.16. The summed E-state index contributed by atoms with van der Waals surface area (Å²) in [5.74, 6) is -0.285. The number of fused-ring (bicyclic) bond motifs is 1. The molecule has 0 atom stereocenters. The summed E-state index contributed by atoms with van der Waals surface area (Å²) in [6, 6.07) is 7.65. The van der Waals surface area contributed by atoms with E-state index >= 15 is 0 Å². The highest BCUT2D eigenvalue weighted by Gasteiger charge is 2.18. The molecule has 9 heteroatoms. The zero-order valence-electron chi connectivity index (χ0n) is 12.5. The van der Waals surface area contributed by atoms with E-state index in [-0.39, 0.29) is 5.91 Å². The number of nitrogens with one attached hydrogen (secondary N) is 1. The summed E-state index contributed by atoms with van der Waals surface area (Å²) in [6.45, 7) is 0. The summed E-state index contributed by atoms with van der Waals surface area (Å²) in [4.78, 5) is 17.0.